The predicted octanol–water partition coefficient (Wildman–Crippen LogP) is 3.95. The number of nitrogens with two attached hydrogens (primary N) is 1. The molecule has 1 aromatic carbocycles. The summed E-state index contributed by atoms with van der Waals surface area (Å²) in [6.45, 7) is 0. The average Bonchev–Trinajstić information content (AvgIpc) is 2.37. The van der Waals surface area contributed by atoms with Gasteiger partial charge in [0, 0.05) is 5.02 Å². The van der Waals surface area contributed by atoms with E-state index in [-0.39, 0.29) is 22.9 Å². The quantitative estimate of drug-likeness (QED) is 0.880. The van der Waals surface area contributed by atoms with Gasteiger partial charge in [-0.1, -0.05) is 11.6 Å². The normalized spacial score (nSPS) is 11.0. The van der Waals surface area contributed by atoms with Crippen LogP contribution in [0, 0.1) is 11.3 Å². The number of pyridine rings is 1. The van der Waals surface area contributed by atoms with E-state index < -0.39 is 11.7 Å². The van der Waals surface area contributed by atoms with Gasteiger partial charge in [-0.05, 0) is 30.3 Å². The number of nitrogens with one attached hydrogen (secondary N) is 1. The second-order valence-corrected chi connectivity index (χ2v) is 4.53. The Bertz CT molecular complexity index is 722. The third-order valence-corrected chi connectivity index (χ3v) is 2.77. The first-order chi connectivity index (χ1) is 9.79. The van der Waals surface area contributed by atoms with Crippen molar-refractivity contribution in [3.05, 3.63) is 46.5 Å². The fourth-order valence-electron chi connectivity index (χ4n) is 1.63. The molecule has 21 heavy (non-hydrogen) atoms. The maximum Gasteiger partial charge on any atom is 0.416 e. The third-order valence-electron chi connectivity index (χ3n) is 2.54. The molecule has 0 fully saturated rings. The summed E-state index contributed by atoms with van der Waals surface area (Å²) in [5.41, 5.74) is 4.90. The highest BCUT2D eigenvalue weighted by Crippen LogP contribution is 2.32. The zero-order valence-corrected chi connectivity index (χ0v) is 11.1. The number of hydrogen-bond donors (Lipinski definition) is 2. The molecule has 0 saturated heterocycles. The molecule has 0 saturated carbocycles. The highest BCUT2D eigenvalue weighted by Gasteiger charge is 2.31. The van der Waals surface area contributed by atoms with Gasteiger partial charge >= 0.3 is 6.18 Å². The molecule has 8 heteroatoms. The van der Waals surface area contributed by atoms with E-state index in [1.165, 1.54) is 18.2 Å². The molecule has 0 unspecified atom stereocenters. The van der Waals surface area contributed by atoms with Gasteiger partial charge in [0.05, 0.1) is 16.8 Å². The van der Waals surface area contributed by atoms with Gasteiger partial charge in [0.2, 0.25) is 0 Å². The number of rotatable bonds is 2. The van der Waals surface area contributed by atoms with Crippen molar-refractivity contribution >= 4 is 28.9 Å². The fraction of sp³-hybridized carbons (Fsp3) is 0.0769. The molecule has 0 aliphatic heterocycles. The number of halogens is 4. The summed E-state index contributed by atoms with van der Waals surface area (Å²) in [4.78, 5) is 3.76. The zero-order valence-electron chi connectivity index (χ0n) is 10.4. The molecule has 2 rings (SSSR count). The van der Waals surface area contributed by atoms with Crippen molar-refractivity contribution in [2.24, 2.45) is 0 Å². The molecule has 0 atom stereocenters. The van der Waals surface area contributed by atoms with Gasteiger partial charge < -0.3 is 11.1 Å². The van der Waals surface area contributed by atoms with Crippen molar-refractivity contribution in [2.75, 3.05) is 11.1 Å². The van der Waals surface area contributed by atoms with Crippen LogP contribution in [-0.2, 0) is 6.18 Å². The second kappa shape index (κ2) is 5.50. The maximum atomic E-state index is 12.7. The highest BCUT2D eigenvalue weighted by atomic mass is 35.5. The summed E-state index contributed by atoms with van der Waals surface area (Å²) in [6.07, 6.45) is -4.54. The van der Waals surface area contributed by atoms with Crippen LogP contribution in [0.25, 0.3) is 0 Å². The summed E-state index contributed by atoms with van der Waals surface area (Å²) in [7, 11) is 0. The molecule has 0 amide bonds. The lowest BCUT2D eigenvalue weighted by Gasteiger charge is -2.12. The first kappa shape index (κ1) is 14.9. The summed E-state index contributed by atoms with van der Waals surface area (Å²) >= 11 is 5.80. The Labute approximate surface area is 123 Å². The van der Waals surface area contributed by atoms with Crippen LogP contribution in [0.1, 0.15) is 11.1 Å². The monoisotopic (exact) mass is 312 g/mol. The summed E-state index contributed by atoms with van der Waals surface area (Å²) in [5, 5.41) is 11.9. The largest absolute Gasteiger partial charge is 0.416 e. The lowest BCUT2D eigenvalue weighted by atomic mass is 10.2. The van der Waals surface area contributed by atoms with Gasteiger partial charge in [0.25, 0.3) is 0 Å². The average molecular weight is 313 g/mol. The Hall–Kier alpha value is -2.46. The van der Waals surface area contributed by atoms with E-state index >= 15 is 0 Å². The van der Waals surface area contributed by atoms with Crippen molar-refractivity contribution in [2.45, 2.75) is 6.18 Å². The zero-order chi connectivity index (χ0) is 15.6. The van der Waals surface area contributed by atoms with Crippen molar-refractivity contribution in [3.8, 4) is 6.07 Å². The van der Waals surface area contributed by atoms with Crippen LogP contribution < -0.4 is 11.1 Å². The van der Waals surface area contributed by atoms with Crippen LogP contribution in [0.15, 0.2) is 30.3 Å². The minimum Gasteiger partial charge on any atom is -0.384 e. The van der Waals surface area contributed by atoms with Crippen LogP contribution in [0.5, 0.6) is 0 Å². The van der Waals surface area contributed by atoms with Gasteiger partial charge in [0.15, 0.2) is 0 Å². The molecule has 1 heterocycles. The lowest BCUT2D eigenvalue weighted by Crippen LogP contribution is -2.08. The van der Waals surface area contributed by atoms with E-state index in [0.717, 1.165) is 12.1 Å². The molecule has 0 aliphatic carbocycles. The minimum atomic E-state index is -4.54. The number of hydrogen-bond acceptors (Lipinski definition) is 4. The van der Waals surface area contributed by atoms with E-state index in [1.54, 1.807) is 0 Å². The Morgan fingerprint density at radius 3 is 2.57 bits per heavy atom. The van der Waals surface area contributed by atoms with Gasteiger partial charge in [0.1, 0.15) is 17.7 Å². The van der Waals surface area contributed by atoms with Gasteiger partial charge in [-0.25, -0.2) is 4.98 Å². The summed E-state index contributed by atoms with van der Waals surface area (Å²) in [5.74, 6) is -0.408. The molecule has 1 aromatic heterocycles. The topological polar surface area (TPSA) is 74.7 Å². The van der Waals surface area contributed by atoms with Crippen molar-refractivity contribution in [1.29, 1.82) is 5.26 Å². The Balaban J connectivity index is 2.43. The highest BCUT2D eigenvalue weighted by molar-refractivity contribution is 6.30. The molecular weight excluding hydrogens is 305 g/mol. The Kier molecular flexibility index (Phi) is 3.91. The van der Waals surface area contributed by atoms with Crippen LogP contribution >= 0.6 is 11.6 Å². The molecule has 4 nitrogen and oxygen atoms in total. The maximum absolute atomic E-state index is 12.7. The standard InChI is InChI=1S/C13H8ClF3N4/c14-9-2-1-7(6-18)10(5-9)20-12-4-8(13(15,16)17)3-11(19)21-12/h1-5H,(H3,19,20,21). The first-order valence-corrected chi connectivity index (χ1v) is 5.99. The molecule has 0 spiro atoms. The number of benzene rings is 1. The number of alkyl halides is 3. The van der Waals surface area contributed by atoms with Gasteiger partial charge in [-0.3, -0.25) is 0 Å². The molecule has 0 aliphatic rings. The van der Waals surface area contributed by atoms with Crippen molar-refractivity contribution in [1.82, 2.24) is 4.98 Å². The smallest absolute Gasteiger partial charge is 0.384 e. The Morgan fingerprint density at radius 1 is 1.24 bits per heavy atom. The summed E-state index contributed by atoms with van der Waals surface area (Å²) in [6, 6.07) is 7.79. The molecule has 0 radical (unpaired) electrons. The number of nitrogens with zero attached hydrogens (tertiary/aromatic N) is 2. The molecular formula is C13H8ClF3N4. The van der Waals surface area contributed by atoms with Crippen LogP contribution in [0.3, 0.4) is 0 Å². The van der Waals surface area contributed by atoms with E-state index in [4.69, 9.17) is 22.6 Å². The molecule has 108 valence electrons. The van der Waals surface area contributed by atoms with E-state index in [0.29, 0.717) is 5.02 Å². The van der Waals surface area contributed by atoms with Crippen LogP contribution in [0.4, 0.5) is 30.5 Å². The second-order valence-electron chi connectivity index (χ2n) is 4.09. The van der Waals surface area contributed by atoms with Crippen LogP contribution in [0.2, 0.25) is 5.02 Å². The summed E-state index contributed by atoms with van der Waals surface area (Å²) < 4.78 is 38.1. The Morgan fingerprint density at radius 2 is 1.95 bits per heavy atom. The lowest BCUT2D eigenvalue weighted by molar-refractivity contribution is -0.137. The number of anilines is 3. The molecule has 0 bridgehead atoms. The van der Waals surface area contributed by atoms with Crippen LogP contribution in [-0.4, -0.2) is 4.98 Å². The van der Waals surface area contributed by atoms with Gasteiger partial charge in [-0.15, -0.1) is 0 Å². The number of aromatic nitrogens is 1. The van der Waals surface area contributed by atoms with E-state index in [2.05, 4.69) is 10.3 Å². The van der Waals surface area contributed by atoms with Crippen molar-refractivity contribution < 1.29 is 13.2 Å². The minimum absolute atomic E-state index is 0.124. The number of nitrogen functional groups attached to an aromatic ring is 1. The first-order valence-electron chi connectivity index (χ1n) is 5.61. The third kappa shape index (κ3) is 3.55. The number of nitriles is 1. The van der Waals surface area contributed by atoms with Gasteiger partial charge in [-0.2, -0.15) is 18.4 Å². The van der Waals surface area contributed by atoms with E-state index in [9.17, 15) is 13.2 Å². The predicted molar refractivity (Wildman–Crippen MR) is 73.1 cm³/mol. The molecule has 2 aromatic rings. The SMILES string of the molecule is N#Cc1ccc(Cl)cc1Nc1cc(C(F)(F)F)cc(N)n1. The molecule has 3 N–H and O–H groups in total. The fourth-order valence-corrected chi connectivity index (χ4v) is 1.81. The van der Waals surface area contributed by atoms with E-state index in [1.807, 2.05) is 6.07 Å². The van der Waals surface area contributed by atoms with Crippen molar-refractivity contribution in [3.63, 3.8) is 0 Å².